The Balaban J connectivity index is 2.11. The van der Waals surface area contributed by atoms with Gasteiger partial charge in [0, 0.05) is 27.9 Å². The Morgan fingerprint density at radius 2 is 1.20 bits per heavy atom. The molecule has 2 aromatic heterocycles. The average Bonchev–Trinajstić information content (AvgIpc) is 3.14. The second-order valence-electron chi connectivity index (χ2n) is 6.87. The number of para-hydroxylation sites is 3. The van der Waals surface area contributed by atoms with Crippen LogP contribution >= 0.6 is 0 Å². The number of hydrogen-bond acceptors (Lipinski definition) is 0. The van der Waals surface area contributed by atoms with Gasteiger partial charge in [0.1, 0.15) is 5.65 Å². The summed E-state index contributed by atoms with van der Waals surface area (Å²) in [5.41, 5.74) is 5.05. The maximum atomic E-state index is 2.47. The first kappa shape index (κ1) is 14.4. The topological polar surface area (TPSA) is 9.86 Å². The fraction of sp³-hybridized carbons (Fsp3) is 0.130. The van der Waals surface area contributed by atoms with Crippen LogP contribution in [0.3, 0.4) is 0 Å². The fourth-order valence-electron chi connectivity index (χ4n) is 4.09. The van der Waals surface area contributed by atoms with Crippen LogP contribution in [0.5, 0.6) is 0 Å². The third kappa shape index (κ3) is 1.91. The molecule has 2 nitrogen and oxygen atoms in total. The molecule has 0 aliphatic rings. The number of fused-ring (bicyclic) bond motifs is 5. The summed E-state index contributed by atoms with van der Waals surface area (Å²) in [6, 6.07) is 28.5. The maximum Gasteiger partial charge on any atom is 0.127 e. The normalized spacial score (nSPS) is 12.0. The first-order valence-electron chi connectivity index (χ1n) is 8.85. The molecule has 2 heteroatoms. The molecular weight excluding hydrogens is 304 g/mol. The van der Waals surface area contributed by atoms with Crippen LogP contribution in [0, 0.1) is 0 Å². The summed E-state index contributed by atoms with van der Waals surface area (Å²) < 4.78 is 4.88. The van der Waals surface area contributed by atoms with Crippen LogP contribution in [0.1, 0.15) is 19.9 Å². The standard InChI is InChI=1S/C23H20N2/c1-16(2)24-20-14-8-6-12-18(20)22-19-13-7-9-15-21(19)25(23(22)24)17-10-4-3-5-11-17/h3-16H,1-2H3. The molecule has 0 bridgehead atoms. The third-order valence-corrected chi connectivity index (χ3v) is 5.04. The van der Waals surface area contributed by atoms with Gasteiger partial charge in [-0.15, -0.1) is 0 Å². The van der Waals surface area contributed by atoms with Crippen LogP contribution in [0.2, 0.25) is 0 Å². The molecule has 0 radical (unpaired) electrons. The van der Waals surface area contributed by atoms with Crippen molar-refractivity contribution in [3.63, 3.8) is 0 Å². The Morgan fingerprint density at radius 3 is 1.88 bits per heavy atom. The van der Waals surface area contributed by atoms with E-state index in [4.69, 9.17) is 0 Å². The smallest absolute Gasteiger partial charge is 0.127 e. The molecule has 122 valence electrons. The number of benzene rings is 3. The Morgan fingerprint density at radius 1 is 0.640 bits per heavy atom. The third-order valence-electron chi connectivity index (χ3n) is 5.04. The van der Waals surface area contributed by atoms with Crippen molar-refractivity contribution >= 4 is 32.8 Å². The van der Waals surface area contributed by atoms with Crippen LogP contribution in [0.25, 0.3) is 38.5 Å². The zero-order chi connectivity index (χ0) is 17.0. The first-order chi connectivity index (χ1) is 12.3. The van der Waals surface area contributed by atoms with E-state index in [1.54, 1.807) is 0 Å². The molecule has 0 aliphatic heterocycles. The van der Waals surface area contributed by atoms with Gasteiger partial charge >= 0.3 is 0 Å². The molecule has 25 heavy (non-hydrogen) atoms. The number of aromatic nitrogens is 2. The highest BCUT2D eigenvalue weighted by Crippen LogP contribution is 2.40. The Kier molecular flexibility index (Phi) is 3.01. The highest BCUT2D eigenvalue weighted by atomic mass is 15.1. The molecule has 0 amide bonds. The number of hydrogen-bond donors (Lipinski definition) is 0. The largest absolute Gasteiger partial charge is 0.324 e. The monoisotopic (exact) mass is 324 g/mol. The minimum atomic E-state index is 0.383. The molecule has 0 atom stereocenters. The average molecular weight is 324 g/mol. The van der Waals surface area contributed by atoms with Crippen molar-refractivity contribution in [2.24, 2.45) is 0 Å². The van der Waals surface area contributed by atoms with Gasteiger partial charge in [0.05, 0.1) is 11.0 Å². The number of rotatable bonds is 2. The van der Waals surface area contributed by atoms with Gasteiger partial charge in [-0.3, -0.25) is 4.57 Å². The predicted molar refractivity (Wildman–Crippen MR) is 107 cm³/mol. The van der Waals surface area contributed by atoms with Crippen molar-refractivity contribution < 1.29 is 0 Å². The van der Waals surface area contributed by atoms with Gasteiger partial charge in [-0.1, -0.05) is 54.6 Å². The minimum Gasteiger partial charge on any atom is -0.324 e. The lowest BCUT2D eigenvalue weighted by Crippen LogP contribution is -2.05. The zero-order valence-electron chi connectivity index (χ0n) is 14.5. The predicted octanol–water partition coefficient (Wildman–Crippen LogP) is 6.32. The minimum absolute atomic E-state index is 0.383. The van der Waals surface area contributed by atoms with E-state index in [1.807, 2.05) is 0 Å². The summed E-state index contributed by atoms with van der Waals surface area (Å²) in [4.78, 5) is 0. The van der Waals surface area contributed by atoms with Crippen molar-refractivity contribution in [1.82, 2.24) is 9.13 Å². The van der Waals surface area contributed by atoms with E-state index in [1.165, 1.54) is 38.5 Å². The number of nitrogens with zero attached hydrogens (tertiary/aromatic N) is 2. The van der Waals surface area contributed by atoms with Crippen LogP contribution in [0.4, 0.5) is 0 Å². The van der Waals surface area contributed by atoms with Gasteiger partial charge in [0.15, 0.2) is 0 Å². The van der Waals surface area contributed by atoms with E-state index in [0.717, 1.165) is 0 Å². The molecule has 0 fully saturated rings. The molecule has 5 aromatic rings. The van der Waals surface area contributed by atoms with Crippen LogP contribution in [-0.2, 0) is 0 Å². The van der Waals surface area contributed by atoms with Crippen molar-refractivity contribution in [2.45, 2.75) is 19.9 Å². The second kappa shape index (κ2) is 5.25. The summed E-state index contributed by atoms with van der Waals surface area (Å²) in [5, 5.41) is 4.00. The summed E-state index contributed by atoms with van der Waals surface area (Å²) in [7, 11) is 0. The summed E-state index contributed by atoms with van der Waals surface area (Å²) in [6.07, 6.45) is 0. The molecule has 0 N–H and O–H groups in total. The highest BCUT2D eigenvalue weighted by Gasteiger charge is 2.21. The summed E-state index contributed by atoms with van der Waals surface area (Å²) in [6.45, 7) is 4.53. The van der Waals surface area contributed by atoms with E-state index in [0.29, 0.717) is 6.04 Å². The molecule has 2 heterocycles. The first-order valence-corrected chi connectivity index (χ1v) is 8.85. The zero-order valence-corrected chi connectivity index (χ0v) is 14.5. The second-order valence-corrected chi connectivity index (χ2v) is 6.87. The molecular formula is C23H20N2. The maximum absolute atomic E-state index is 2.47. The lowest BCUT2D eigenvalue weighted by Gasteiger charge is -2.15. The van der Waals surface area contributed by atoms with Crippen LogP contribution in [-0.4, -0.2) is 9.13 Å². The fourth-order valence-corrected chi connectivity index (χ4v) is 4.09. The van der Waals surface area contributed by atoms with Gasteiger partial charge in [-0.2, -0.15) is 0 Å². The SMILES string of the molecule is CC(C)n1c2ccccc2c2c3ccccc3n(-c3ccccc3)c21. The molecule has 5 rings (SSSR count). The van der Waals surface area contributed by atoms with E-state index >= 15 is 0 Å². The molecule has 0 saturated heterocycles. The van der Waals surface area contributed by atoms with Gasteiger partial charge < -0.3 is 4.57 Å². The van der Waals surface area contributed by atoms with Crippen LogP contribution in [0.15, 0.2) is 78.9 Å². The molecule has 0 spiro atoms. The Labute approximate surface area is 146 Å². The van der Waals surface area contributed by atoms with E-state index in [2.05, 4.69) is 102 Å². The van der Waals surface area contributed by atoms with E-state index < -0.39 is 0 Å². The lowest BCUT2D eigenvalue weighted by atomic mass is 10.1. The van der Waals surface area contributed by atoms with Crippen molar-refractivity contribution in [3.8, 4) is 5.69 Å². The quantitative estimate of drug-likeness (QED) is 0.359. The Bertz CT molecular complexity index is 1210. The lowest BCUT2D eigenvalue weighted by molar-refractivity contribution is 0.634. The molecule has 3 aromatic carbocycles. The highest BCUT2D eigenvalue weighted by molar-refractivity contribution is 6.21. The molecule has 0 unspecified atom stereocenters. The van der Waals surface area contributed by atoms with Gasteiger partial charge in [-0.25, -0.2) is 0 Å². The van der Waals surface area contributed by atoms with Crippen molar-refractivity contribution in [3.05, 3.63) is 78.9 Å². The summed E-state index contributed by atoms with van der Waals surface area (Å²) in [5.74, 6) is 0. The summed E-state index contributed by atoms with van der Waals surface area (Å²) >= 11 is 0. The van der Waals surface area contributed by atoms with Gasteiger partial charge in [-0.05, 0) is 38.1 Å². The van der Waals surface area contributed by atoms with Crippen molar-refractivity contribution in [1.29, 1.82) is 0 Å². The van der Waals surface area contributed by atoms with Gasteiger partial charge in [0.2, 0.25) is 0 Å². The van der Waals surface area contributed by atoms with E-state index in [9.17, 15) is 0 Å². The Hall–Kier alpha value is -3.00. The van der Waals surface area contributed by atoms with Crippen molar-refractivity contribution in [2.75, 3.05) is 0 Å². The van der Waals surface area contributed by atoms with E-state index in [-0.39, 0.29) is 0 Å². The van der Waals surface area contributed by atoms with Gasteiger partial charge in [0.25, 0.3) is 0 Å². The molecule has 0 aliphatic carbocycles. The molecule has 0 saturated carbocycles. The van der Waals surface area contributed by atoms with Crippen LogP contribution < -0.4 is 0 Å².